The first-order chi connectivity index (χ1) is 10.2. The SMILES string of the molecule is CCCNC(c1cnn(CC)c1)C(C)(CC)N1CCCC1. The van der Waals surface area contributed by atoms with Gasteiger partial charge in [-0.1, -0.05) is 13.8 Å². The Morgan fingerprint density at radius 1 is 1.29 bits per heavy atom. The molecule has 0 aliphatic carbocycles. The van der Waals surface area contributed by atoms with E-state index in [0.29, 0.717) is 6.04 Å². The summed E-state index contributed by atoms with van der Waals surface area (Å²) in [4.78, 5) is 2.68. The molecule has 1 aromatic rings. The number of likely N-dealkylation sites (tertiary alicyclic amines) is 1. The number of nitrogens with zero attached hydrogens (tertiary/aromatic N) is 3. The van der Waals surface area contributed by atoms with Crippen molar-refractivity contribution in [3.05, 3.63) is 18.0 Å². The van der Waals surface area contributed by atoms with Crippen LogP contribution in [0.25, 0.3) is 0 Å². The summed E-state index contributed by atoms with van der Waals surface area (Å²) < 4.78 is 2.04. The fraction of sp³-hybridized carbons (Fsp3) is 0.824. The van der Waals surface area contributed by atoms with Crippen molar-refractivity contribution in [2.75, 3.05) is 19.6 Å². The molecule has 1 aliphatic rings. The van der Waals surface area contributed by atoms with Crippen LogP contribution in [0.2, 0.25) is 0 Å². The van der Waals surface area contributed by atoms with E-state index in [1.165, 1.54) is 31.5 Å². The second-order valence-electron chi connectivity index (χ2n) is 6.42. The monoisotopic (exact) mass is 292 g/mol. The van der Waals surface area contributed by atoms with Crippen molar-refractivity contribution in [2.24, 2.45) is 0 Å². The fourth-order valence-corrected chi connectivity index (χ4v) is 3.53. The molecular weight excluding hydrogens is 260 g/mol. The van der Waals surface area contributed by atoms with E-state index in [-0.39, 0.29) is 5.54 Å². The number of aromatic nitrogens is 2. The smallest absolute Gasteiger partial charge is 0.0538 e. The zero-order chi connectivity index (χ0) is 15.3. The summed E-state index contributed by atoms with van der Waals surface area (Å²) in [6.45, 7) is 13.6. The predicted molar refractivity (Wildman–Crippen MR) is 88.4 cm³/mol. The molecule has 4 nitrogen and oxygen atoms in total. The first-order valence-corrected chi connectivity index (χ1v) is 8.66. The Kier molecular flexibility index (Phi) is 5.82. The average Bonchev–Trinajstić information content (AvgIpc) is 3.18. The third-order valence-corrected chi connectivity index (χ3v) is 5.08. The lowest BCUT2D eigenvalue weighted by Crippen LogP contribution is -2.53. The molecule has 0 saturated carbocycles. The summed E-state index contributed by atoms with van der Waals surface area (Å²) in [5.74, 6) is 0. The molecule has 4 heteroatoms. The summed E-state index contributed by atoms with van der Waals surface area (Å²) in [6.07, 6.45) is 9.27. The standard InChI is InChI=1S/C17H32N4/c1-5-10-18-16(15-13-19-21(7-3)14-15)17(4,6-2)20-11-8-9-12-20/h13-14,16,18H,5-12H2,1-4H3. The molecule has 2 unspecified atom stereocenters. The minimum atomic E-state index is 0.174. The molecule has 2 heterocycles. The minimum Gasteiger partial charge on any atom is -0.308 e. The molecule has 0 amide bonds. The van der Waals surface area contributed by atoms with Gasteiger partial charge in [0.05, 0.1) is 12.2 Å². The van der Waals surface area contributed by atoms with Crippen LogP contribution in [0.5, 0.6) is 0 Å². The van der Waals surface area contributed by atoms with Crippen molar-refractivity contribution in [2.45, 2.75) is 71.5 Å². The third-order valence-electron chi connectivity index (χ3n) is 5.08. The molecule has 2 rings (SSSR count). The van der Waals surface area contributed by atoms with Crippen molar-refractivity contribution < 1.29 is 0 Å². The van der Waals surface area contributed by atoms with Gasteiger partial charge in [0, 0.05) is 23.8 Å². The highest BCUT2D eigenvalue weighted by Gasteiger charge is 2.40. The largest absolute Gasteiger partial charge is 0.308 e. The first-order valence-electron chi connectivity index (χ1n) is 8.66. The average molecular weight is 292 g/mol. The van der Waals surface area contributed by atoms with Crippen LogP contribution >= 0.6 is 0 Å². The van der Waals surface area contributed by atoms with Crippen LogP contribution in [0, 0.1) is 0 Å². The molecule has 1 fully saturated rings. The van der Waals surface area contributed by atoms with Crippen LogP contribution in [0.4, 0.5) is 0 Å². The van der Waals surface area contributed by atoms with Gasteiger partial charge < -0.3 is 5.32 Å². The molecule has 21 heavy (non-hydrogen) atoms. The maximum absolute atomic E-state index is 4.50. The van der Waals surface area contributed by atoms with Gasteiger partial charge in [0.25, 0.3) is 0 Å². The van der Waals surface area contributed by atoms with Crippen LogP contribution in [-0.4, -0.2) is 39.9 Å². The Bertz CT molecular complexity index is 422. The summed E-state index contributed by atoms with van der Waals surface area (Å²) >= 11 is 0. The number of hydrogen-bond donors (Lipinski definition) is 1. The molecule has 0 spiro atoms. The van der Waals surface area contributed by atoms with E-state index in [1.807, 2.05) is 4.68 Å². The van der Waals surface area contributed by atoms with E-state index in [9.17, 15) is 0 Å². The molecule has 0 radical (unpaired) electrons. The second kappa shape index (κ2) is 7.41. The minimum absolute atomic E-state index is 0.174. The van der Waals surface area contributed by atoms with Crippen LogP contribution in [0.1, 0.15) is 65.0 Å². The van der Waals surface area contributed by atoms with E-state index in [2.05, 4.69) is 55.4 Å². The maximum Gasteiger partial charge on any atom is 0.0538 e. The van der Waals surface area contributed by atoms with E-state index in [0.717, 1.165) is 25.9 Å². The molecule has 2 atom stereocenters. The van der Waals surface area contributed by atoms with Crippen LogP contribution in [0.15, 0.2) is 12.4 Å². The lowest BCUT2D eigenvalue weighted by Gasteiger charge is -2.44. The van der Waals surface area contributed by atoms with Gasteiger partial charge in [-0.2, -0.15) is 5.10 Å². The first kappa shape index (κ1) is 16.5. The van der Waals surface area contributed by atoms with Crippen LogP contribution in [0.3, 0.4) is 0 Å². The van der Waals surface area contributed by atoms with Crippen molar-refractivity contribution in [1.29, 1.82) is 0 Å². The van der Waals surface area contributed by atoms with E-state index >= 15 is 0 Å². The van der Waals surface area contributed by atoms with Crippen LogP contribution < -0.4 is 5.32 Å². The Labute approximate surface area is 129 Å². The lowest BCUT2D eigenvalue weighted by atomic mass is 9.84. The maximum atomic E-state index is 4.50. The molecule has 1 saturated heterocycles. The van der Waals surface area contributed by atoms with E-state index in [4.69, 9.17) is 0 Å². The third kappa shape index (κ3) is 3.49. The van der Waals surface area contributed by atoms with Crippen LogP contribution in [-0.2, 0) is 6.54 Å². The summed E-state index contributed by atoms with van der Waals surface area (Å²) in [6, 6.07) is 0.362. The van der Waals surface area contributed by atoms with Gasteiger partial charge in [0.2, 0.25) is 0 Å². The fourth-order valence-electron chi connectivity index (χ4n) is 3.53. The zero-order valence-corrected chi connectivity index (χ0v) is 14.2. The molecule has 0 bridgehead atoms. The number of rotatable bonds is 8. The van der Waals surface area contributed by atoms with Gasteiger partial charge >= 0.3 is 0 Å². The normalized spacial score (nSPS) is 20.6. The van der Waals surface area contributed by atoms with Gasteiger partial charge in [-0.3, -0.25) is 9.58 Å². The summed E-state index contributed by atoms with van der Waals surface area (Å²) in [7, 11) is 0. The number of aryl methyl sites for hydroxylation is 1. The quantitative estimate of drug-likeness (QED) is 0.798. The Morgan fingerprint density at radius 2 is 2.00 bits per heavy atom. The summed E-state index contributed by atoms with van der Waals surface area (Å²) in [5, 5.41) is 8.29. The highest BCUT2D eigenvalue weighted by atomic mass is 15.3. The topological polar surface area (TPSA) is 33.1 Å². The molecule has 120 valence electrons. The molecule has 0 aromatic carbocycles. The Morgan fingerprint density at radius 3 is 2.52 bits per heavy atom. The van der Waals surface area contributed by atoms with E-state index < -0.39 is 0 Å². The van der Waals surface area contributed by atoms with Gasteiger partial charge in [0.15, 0.2) is 0 Å². The number of nitrogens with one attached hydrogen (secondary N) is 1. The second-order valence-corrected chi connectivity index (χ2v) is 6.42. The highest BCUT2D eigenvalue weighted by Crippen LogP contribution is 2.36. The van der Waals surface area contributed by atoms with Crippen molar-refractivity contribution in [1.82, 2.24) is 20.0 Å². The molecule has 1 aliphatic heterocycles. The molecular formula is C17H32N4. The zero-order valence-electron chi connectivity index (χ0n) is 14.2. The van der Waals surface area contributed by atoms with Crippen molar-refractivity contribution in [3.63, 3.8) is 0 Å². The molecule has 1 aromatic heterocycles. The van der Waals surface area contributed by atoms with Gasteiger partial charge in [0.1, 0.15) is 0 Å². The highest BCUT2D eigenvalue weighted by molar-refractivity contribution is 5.18. The number of hydrogen-bond acceptors (Lipinski definition) is 3. The summed E-state index contributed by atoms with van der Waals surface area (Å²) in [5.41, 5.74) is 1.51. The van der Waals surface area contributed by atoms with Crippen molar-refractivity contribution in [3.8, 4) is 0 Å². The predicted octanol–water partition coefficient (Wildman–Crippen LogP) is 3.21. The van der Waals surface area contributed by atoms with Gasteiger partial charge in [-0.15, -0.1) is 0 Å². The van der Waals surface area contributed by atoms with Gasteiger partial charge in [-0.05, 0) is 59.2 Å². The van der Waals surface area contributed by atoms with Gasteiger partial charge in [-0.25, -0.2) is 0 Å². The van der Waals surface area contributed by atoms with E-state index in [1.54, 1.807) is 0 Å². The Hall–Kier alpha value is -0.870. The van der Waals surface area contributed by atoms with Crippen molar-refractivity contribution >= 4 is 0 Å². The Balaban J connectivity index is 2.27. The molecule has 1 N–H and O–H groups in total. The lowest BCUT2D eigenvalue weighted by molar-refractivity contribution is 0.0839.